The van der Waals surface area contributed by atoms with E-state index in [0.717, 1.165) is 35.4 Å². The van der Waals surface area contributed by atoms with Gasteiger partial charge in [-0.05, 0) is 6.07 Å². The zero-order valence-electron chi connectivity index (χ0n) is 14.1. The van der Waals surface area contributed by atoms with E-state index in [0.29, 0.717) is 5.13 Å². The number of nitrogens with zero attached hydrogens (tertiary/aromatic N) is 5. The molecule has 10 heteroatoms. The lowest BCUT2D eigenvalue weighted by atomic mass is 10.2. The van der Waals surface area contributed by atoms with Gasteiger partial charge in [0.25, 0.3) is 5.56 Å². The smallest absolute Gasteiger partial charge is 0.267 e. The fourth-order valence-corrected chi connectivity index (χ4v) is 3.99. The van der Waals surface area contributed by atoms with Gasteiger partial charge in [0.1, 0.15) is 17.4 Å². The standard InChI is InChI=1S/C15H20N6O2S2/c1-10(2)14-17-18-15(25-14)16-12(22)9-21-13(23)4-3-11(19-21)20-5-7-24-8-6-20/h3-4,10H,5-9H2,1-2H3,(H,16,18,22). The van der Waals surface area contributed by atoms with Crippen molar-refractivity contribution in [3.63, 3.8) is 0 Å². The summed E-state index contributed by atoms with van der Waals surface area (Å²) in [6.07, 6.45) is 0. The van der Waals surface area contributed by atoms with Crippen molar-refractivity contribution in [2.24, 2.45) is 0 Å². The lowest BCUT2D eigenvalue weighted by Crippen LogP contribution is -2.36. The second kappa shape index (κ2) is 7.96. The first-order valence-electron chi connectivity index (χ1n) is 8.07. The molecular weight excluding hydrogens is 360 g/mol. The molecule has 1 saturated heterocycles. The highest BCUT2D eigenvalue weighted by Gasteiger charge is 2.15. The van der Waals surface area contributed by atoms with Crippen molar-refractivity contribution < 1.29 is 4.79 Å². The summed E-state index contributed by atoms with van der Waals surface area (Å²) in [5.41, 5.74) is -0.301. The number of thioether (sulfide) groups is 1. The number of rotatable bonds is 5. The van der Waals surface area contributed by atoms with Crippen molar-refractivity contribution in [2.75, 3.05) is 34.8 Å². The number of aromatic nitrogens is 4. The third kappa shape index (κ3) is 4.57. The van der Waals surface area contributed by atoms with Gasteiger partial charge in [-0.25, -0.2) is 4.68 Å². The molecule has 3 heterocycles. The van der Waals surface area contributed by atoms with E-state index in [-0.39, 0.29) is 23.9 Å². The Hall–Kier alpha value is -1.94. The average molecular weight is 380 g/mol. The van der Waals surface area contributed by atoms with E-state index < -0.39 is 0 Å². The zero-order chi connectivity index (χ0) is 17.8. The van der Waals surface area contributed by atoms with Crippen LogP contribution in [0.15, 0.2) is 16.9 Å². The Morgan fingerprint density at radius 3 is 2.72 bits per heavy atom. The van der Waals surface area contributed by atoms with Crippen LogP contribution < -0.4 is 15.8 Å². The Bertz CT molecular complexity index is 797. The quantitative estimate of drug-likeness (QED) is 0.838. The molecular formula is C15H20N6O2S2. The van der Waals surface area contributed by atoms with Gasteiger partial charge in [-0.15, -0.1) is 10.2 Å². The summed E-state index contributed by atoms with van der Waals surface area (Å²) in [6.45, 7) is 5.67. The van der Waals surface area contributed by atoms with E-state index >= 15 is 0 Å². The molecule has 1 N–H and O–H groups in total. The normalized spacial score (nSPS) is 14.8. The summed E-state index contributed by atoms with van der Waals surface area (Å²) in [7, 11) is 0. The predicted octanol–water partition coefficient (Wildman–Crippen LogP) is 1.41. The largest absolute Gasteiger partial charge is 0.354 e. The van der Waals surface area contributed by atoms with E-state index in [4.69, 9.17) is 0 Å². The van der Waals surface area contributed by atoms with Gasteiger partial charge in [-0.3, -0.25) is 14.9 Å². The maximum atomic E-state index is 12.2. The maximum absolute atomic E-state index is 12.2. The van der Waals surface area contributed by atoms with Gasteiger partial charge in [0.2, 0.25) is 11.0 Å². The predicted molar refractivity (Wildman–Crippen MR) is 101 cm³/mol. The molecule has 1 aliphatic rings. The molecule has 0 saturated carbocycles. The minimum atomic E-state index is -0.340. The second-order valence-corrected chi connectivity index (χ2v) is 8.17. The fraction of sp³-hybridized carbons (Fsp3) is 0.533. The summed E-state index contributed by atoms with van der Waals surface area (Å²) < 4.78 is 1.19. The van der Waals surface area contributed by atoms with Crippen molar-refractivity contribution in [1.82, 2.24) is 20.0 Å². The van der Waals surface area contributed by atoms with Crippen LogP contribution >= 0.6 is 23.1 Å². The summed E-state index contributed by atoms with van der Waals surface area (Å²) in [5.74, 6) is 2.72. The van der Waals surface area contributed by atoms with Crippen molar-refractivity contribution in [3.8, 4) is 0 Å². The van der Waals surface area contributed by atoms with Gasteiger partial charge >= 0.3 is 0 Å². The van der Waals surface area contributed by atoms with E-state index in [1.54, 1.807) is 6.07 Å². The summed E-state index contributed by atoms with van der Waals surface area (Å²) >= 11 is 3.24. The first kappa shape index (κ1) is 17.9. The van der Waals surface area contributed by atoms with Crippen molar-refractivity contribution in [2.45, 2.75) is 26.3 Å². The molecule has 0 aromatic carbocycles. The van der Waals surface area contributed by atoms with Crippen LogP contribution in [0.4, 0.5) is 10.9 Å². The Morgan fingerprint density at radius 2 is 2.04 bits per heavy atom. The van der Waals surface area contributed by atoms with Gasteiger partial charge in [-0.2, -0.15) is 16.9 Å². The van der Waals surface area contributed by atoms with Crippen molar-refractivity contribution in [1.29, 1.82) is 0 Å². The van der Waals surface area contributed by atoms with Crippen LogP contribution in [-0.2, 0) is 11.3 Å². The highest BCUT2D eigenvalue weighted by Crippen LogP contribution is 2.22. The van der Waals surface area contributed by atoms with E-state index in [9.17, 15) is 9.59 Å². The molecule has 8 nitrogen and oxygen atoms in total. The van der Waals surface area contributed by atoms with Crippen LogP contribution in [-0.4, -0.2) is 50.5 Å². The number of hydrogen-bond donors (Lipinski definition) is 1. The number of nitrogens with one attached hydrogen (secondary N) is 1. The third-order valence-electron chi connectivity index (χ3n) is 3.66. The Kier molecular flexibility index (Phi) is 5.69. The lowest BCUT2D eigenvalue weighted by molar-refractivity contribution is -0.117. The molecule has 25 heavy (non-hydrogen) atoms. The summed E-state index contributed by atoms with van der Waals surface area (Å²) in [5, 5.41) is 16.3. The number of carbonyl (C=O) groups is 1. The molecule has 1 fully saturated rings. The molecule has 0 spiro atoms. The molecule has 2 aromatic rings. The number of amides is 1. The minimum Gasteiger partial charge on any atom is -0.354 e. The van der Waals surface area contributed by atoms with Crippen LogP contribution in [0, 0.1) is 0 Å². The van der Waals surface area contributed by atoms with Crippen LogP contribution in [0.2, 0.25) is 0 Å². The molecule has 134 valence electrons. The molecule has 1 amide bonds. The van der Waals surface area contributed by atoms with Crippen LogP contribution in [0.3, 0.4) is 0 Å². The van der Waals surface area contributed by atoms with Gasteiger partial charge in [-0.1, -0.05) is 25.2 Å². The number of carbonyl (C=O) groups excluding carboxylic acids is 1. The summed E-state index contributed by atoms with van der Waals surface area (Å²) in [4.78, 5) is 26.3. The van der Waals surface area contributed by atoms with E-state index in [2.05, 4.69) is 25.5 Å². The van der Waals surface area contributed by atoms with Gasteiger partial charge in [0, 0.05) is 36.6 Å². The third-order valence-corrected chi connectivity index (χ3v) is 5.74. The second-order valence-electron chi connectivity index (χ2n) is 5.94. The monoisotopic (exact) mass is 380 g/mol. The Labute approximate surface area is 153 Å². The van der Waals surface area contributed by atoms with Gasteiger partial charge in [0.15, 0.2) is 0 Å². The maximum Gasteiger partial charge on any atom is 0.267 e. The molecule has 0 radical (unpaired) electrons. The lowest BCUT2D eigenvalue weighted by Gasteiger charge is -2.27. The molecule has 0 unspecified atom stereocenters. The zero-order valence-corrected chi connectivity index (χ0v) is 15.8. The molecule has 0 aliphatic carbocycles. The number of anilines is 2. The van der Waals surface area contributed by atoms with E-state index in [1.165, 1.54) is 22.1 Å². The fourth-order valence-electron chi connectivity index (χ4n) is 2.33. The Balaban J connectivity index is 1.68. The minimum absolute atomic E-state index is 0.147. The number of hydrogen-bond acceptors (Lipinski definition) is 8. The summed E-state index contributed by atoms with van der Waals surface area (Å²) in [6, 6.07) is 3.17. The van der Waals surface area contributed by atoms with Crippen molar-refractivity contribution >= 4 is 40.0 Å². The topological polar surface area (TPSA) is 93.0 Å². The molecule has 1 aliphatic heterocycles. The molecule has 0 atom stereocenters. The first-order valence-corrected chi connectivity index (χ1v) is 10.0. The van der Waals surface area contributed by atoms with Crippen molar-refractivity contribution in [3.05, 3.63) is 27.5 Å². The average Bonchev–Trinajstić information content (AvgIpc) is 3.06. The SMILES string of the molecule is CC(C)c1nnc(NC(=O)Cn2nc(N3CCSCC3)ccc2=O)s1. The van der Waals surface area contributed by atoms with Crippen LogP contribution in [0.1, 0.15) is 24.8 Å². The molecule has 2 aromatic heterocycles. The molecule has 3 rings (SSSR count). The molecule has 0 bridgehead atoms. The highest BCUT2D eigenvalue weighted by molar-refractivity contribution is 7.99. The van der Waals surface area contributed by atoms with Gasteiger partial charge < -0.3 is 4.90 Å². The Morgan fingerprint density at radius 1 is 1.28 bits per heavy atom. The van der Waals surface area contributed by atoms with Gasteiger partial charge in [0.05, 0.1) is 0 Å². The highest BCUT2D eigenvalue weighted by atomic mass is 32.2. The van der Waals surface area contributed by atoms with Crippen LogP contribution in [0.5, 0.6) is 0 Å². The van der Waals surface area contributed by atoms with E-state index in [1.807, 2.05) is 25.6 Å². The van der Waals surface area contributed by atoms with Crippen LogP contribution in [0.25, 0.3) is 0 Å². The first-order chi connectivity index (χ1) is 12.0.